The summed E-state index contributed by atoms with van der Waals surface area (Å²) in [6.07, 6.45) is 11.0. The van der Waals surface area contributed by atoms with Crippen molar-refractivity contribution in [3.05, 3.63) is 82.3 Å². The Labute approximate surface area is 332 Å². The van der Waals surface area contributed by atoms with Crippen molar-refractivity contribution in [2.75, 3.05) is 6.61 Å². The van der Waals surface area contributed by atoms with E-state index in [2.05, 4.69) is 60.4 Å². The summed E-state index contributed by atoms with van der Waals surface area (Å²) in [6.45, 7) is 24.2. The number of aromatic hydroxyl groups is 1. The average Bonchev–Trinajstić information content (AvgIpc) is 3.15. The van der Waals surface area contributed by atoms with Gasteiger partial charge in [-0.05, 0) is 103 Å². The number of Topliss-reactive ketones (excluding diaryl/α,β-unsaturated/α-hetero) is 1. The van der Waals surface area contributed by atoms with Gasteiger partial charge in [0, 0.05) is 22.4 Å². The van der Waals surface area contributed by atoms with Crippen LogP contribution in [0.1, 0.15) is 150 Å². The van der Waals surface area contributed by atoms with Crippen LogP contribution in [0, 0.1) is 23.6 Å². The highest BCUT2D eigenvalue weighted by Gasteiger charge is 2.37. The number of phenolic OH excluding ortho intramolecular Hbond substituents is 1. The highest BCUT2D eigenvalue weighted by molar-refractivity contribution is 6.34. The van der Waals surface area contributed by atoms with E-state index in [0.29, 0.717) is 84.6 Å². The number of hydrogen-bond acceptors (Lipinski definition) is 4. The van der Waals surface area contributed by atoms with Crippen molar-refractivity contribution in [1.82, 2.24) is 5.32 Å². The Balaban J connectivity index is 2.42. The molecule has 6 heteroatoms. The van der Waals surface area contributed by atoms with E-state index in [1.54, 1.807) is 19.1 Å². The number of ketones is 1. The molecule has 0 heterocycles. The molecule has 2 N–H and O–H groups in total. The fraction of sp³-hybridized carbons (Fsp3) is 0.562. The summed E-state index contributed by atoms with van der Waals surface area (Å²) in [4.78, 5) is 14.0. The number of fused-ring (bicyclic) bond motifs is 1. The fourth-order valence-corrected chi connectivity index (χ4v) is 8.06. The van der Waals surface area contributed by atoms with Crippen LogP contribution >= 0.6 is 11.6 Å². The number of benzene rings is 3. The van der Waals surface area contributed by atoms with Gasteiger partial charge in [0.25, 0.3) is 0 Å². The first-order valence-corrected chi connectivity index (χ1v) is 21.3. The molecule has 3 aromatic carbocycles. The monoisotopic (exact) mass is 761 g/mol. The van der Waals surface area contributed by atoms with Gasteiger partial charge in [-0.2, -0.15) is 0 Å². The molecule has 0 amide bonds. The smallest absolute Gasteiger partial charge is 0.155 e. The van der Waals surface area contributed by atoms with Crippen LogP contribution in [0.25, 0.3) is 27.6 Å². The lowest BCUT2D eigenvalue weighted by Crippen LogP contribution is -2.50. The Kier molecular flexibility index (Phi) is 18.1. The van der Waals surface area contributed by atoms with Gasteiger partial charge >= 0.3 is 0 Å². The maximum Gasteiger partial charge on any atom is 0.155 e. The Morgan fingerprint density at radius 1 is 0.963 bits per heavy atom. The molecule has 0 aromatic heterocycles. The zero-order valence-electron chi connectivity index (χ0n) is 34.9. The van der Waals surface area contributed by atoms with Gasteiger partial charge in [-0.3, -0.25) is 4.79 Å². The number of allylic oxidation sites excluding steroid dienone is 1. The minimum atomic E-state index is -0.875. The van der Waals surface area contributed by atoms with Crippen LogP contribution in [0.5, 0.6) is 5.75 Å². The number of ether oxygens (including phenoxy) is 1. The number of rotatable bonds is 24. The average molecular weight is 763 g/mol. The van der Waals surface area contributed by atoms with E-state index in [1.165, 1.54) is 0 Å². The molecule has 4 nitrogen and oxygen atoms in total. The van der Waals surface area contributed by atoms with E-state index in [9.17, 15) is 9.90 Å². The molecular formula is C48H69ClFNO3. The minimum absolute atomic E-state index is 0.0444. The van der Waals surface area contributed by atoms with E-state index in [0.717, 1.165) is 67.7 Å². The topological polar surface area (TPSA) is 58.6 Å². The lowest BCUT2D eigenvalue weighted by Gasteiger charge is -2.37. The third-order valence-corrected chi connectivity index (χ3v) is 12.0. The standard InChI is InChI=1S/C48H69ClFNO3/c1-11-17-22-37(33(8)16-6)31-54-34(9)39(20-12-2)47(51-48(26-14-4,35(10)52)27-25-32(7)15-5)43-30-44(49)45(46(50)41(43)21-13-3)42-29-38(53)28-36-23-18-19-24-40(36)42/h18-19,23-24,28-30,32-33,37,51,53H,9,11-17,20-22,25-27,31H2,1-8,10H3/b47-39+. The Morgan fingerprint density at radius 3 is 2.30 bits per heavy atom. The highest BCUT2D eigenvalue weighted by atomic mass is 35.5. The molecule has 3 aromatic rings. The molecule has 4 unspecified atom stereocenters. The molecular weight excluding hydrogens is 693 g/mol. The van der Waals surface area contributed by atoms with Gasteiger partial charge in [0.15, 0.2) is 5.78 Å². The van der Waals surface area contributed by atoms with Crippen LogP contribution < -0.4 is 5.32 Å². The molecule has 0 radical (unpaired) electrons. The summed E-state index contributed by atoms with van der Waals surface area (Å²) in [5, 5.41) is 16.4. The third kappa shape index (κ3) is 11.1. The molecule has 54 heavy (non-hydrogen) atoms. The second-order valence-corrected chi connectivity index (χ2v) is 16.1. The van der Waals surface area contributed by atoms with Gasteiger partial charge in [-0.25, -0.2) is 4.39 Å². The van der Waals surface area contributed by atoms with E-state index in [-0.39, 0.29) is 22.1 Å². The van der Waals surface area contributed by atoms with Gasteiger partial charge in [-0.15, -0.1) is 0 Å². The Bertz CT molecular complexity index is 1730. The van der Waals surface area contributed by atoms with E-state index >= 15 is 4.39 Å². The van der Waals surface area contributed by atoms with Crippen LogP contribution in [0.4, 0.5) is 4.39 Å². The summed E-state index contributed by atoms with van der Waals surface area (Å²) < 4.78 is 24.2. The number of hydrogen-bond donors (Lipinski definition) is 2. The van der Waals surface area contributed by atoms with E-state index in [1.807, 2.05) is 37.3 Å². The van der Waals surface area contributed by atoms with Crippen molar-refractivity contribution < 1.29 is 19.0 Å². The first kappa shape index (κ1) is 45.1. The Hall–Kier alpha value is -3.31. The summed E-state index contributed by atoms with van der Waals surface area (Å²) in [5.41, 5.74) is 2.61. The van der Waals surface area contributed by atoms with Crippen LogP contribution in [-0.2, 0) is 16.0 Å². The molecule has 298 valence electrons. The van der Waals surface area contributed by atoms with E-state index < -0.39 is 11.4 Å². The Morgan fingerprint density at radius 2 is 1.69 bits per heavy atom. The van der Waals surface area contributed by atoms with Crippen molar-refractivity contribution in [2.24, 2.45) is 17.8 Å². The zero-order valence-corrected chi connectivity index (χ0v) is 35.7. The summed E-state index contributed by atoms with van der Waals surface area (Å²) in [6, 6.07) is 12.8. The number of phenols is 1. The third-order valence-electron chi connectivity index (χ3n) is 11.7. The maximum atomic E-state index is 17.5. The molecule has 3 rings (SSSR count). The first-order chi connectivity index (χ1) is 25.8. The normalized spacial score (nSPS) is 14.9. The van der Waals surface area contributed by atoms with Crippen LogP contribution in [0.2, 0.25) is 5.02 Å². The highest BCUT2D eigenvalue weighted by Crippen LogP contribution is 2.43. The number of unbranched alkanes of at least 4 members (excludes halogenated alkanes) is 1. The zero-order chi connectivity index (χ0) is 40.0. The number of carbonyl (C=O) groups excluding carboxylic acids is 1. The minimum Gasteiger partial charge on any atom is -0.508 e. The quantitative estimate of drug-likeness (QED) is 0.0705. The fourth-order valence-electron chi connectivity index (χ4n) is 7.76. The molecule has 0 fully saturated rings. The molecule has 0 saturated heterocycles. The van der Waals surface area contributed by atoms with Crippen LogP contribution in [0.3, 0.4) is 0 Å². The van der Waals surface area contributed by atoms with E-state index in [4.69, 9.17) is 16.3 Å². The molecule has 0 spiro atoms. The van der Waals surface area contributed by atoms with Crippen molar-refractivity contribution in [3.8, 4) is 16.9 Å². The summed E-state index contributed by atoms with van der Waals surface area (Å²) >= 11 is 7.23. The summed E-state index contributed by atoms with van der Waals surface area (Å²) in [5.74, 6) is 1.58. The van der Waals surface area contributed by atoms with Crippen molar-refractivity contribution in [3.63, 3.8) is 0 Å². The maximum absolute atomic E-state index is 17.5. The lowest BCUT2D eigenvalue weighted by molar-refractivity contribution is -0.123. The van der Waals surface area contributed by atoms with Gasteiger partial charge in [0.1, 0.15) is 17.3 Å². The molecule has 0 aliphatic rings. The first-order valence-electron chi connectivity index (χ1n) is 20.9. The number of nitrogens with one attached hydrogen (secondary N) is 1. The van der Waals surface area contributed by atoms with Gasteiger partial charge in [0.05, 0.1) is 17.2 Å². The van der Waals surface area contributed by atoms with Crippen molar-refractivity contribution >= 4 is 33.9 Å². The predicted molar refractivity (Wildman–Crippen MR) is 230 cm³/mol. The number of carbonyl (C=O) groups is 1. The SMILES string of the molecule is C=C(OCC(CCCC)C(C)CC)/C(CCC)=C(/NC(CCC)(CCC(C)CC)C(C)=O)c1cc(Cl)c(-c2cc(O)cc3ccccc23)c(F)c1CCC. The largest absolute Gasteiger partial charge is 0.508 e. The van der Waals surface area contributed by atoms with Crippen molar-refractivity contribution in [1.29, 1.82) is 0 Å². The molecule has 0 bridgehead atoms. The molecule has 0 aliphatic heterocycles. The lowest BCUT2D eigenvalue weighted by atomic mass is 9.80. The molecule has 4 atom stereocenters. The van der Waals surface area contributed by atoms with Gasteiger partial charge in [-0.1, -0.05) is 143 Å². The summed E-state index contributed by atoms with van der Waals surface area (Å²) in [7, 11) is 0. The van der Waals surface area contributed by atoms with Crippen LogP contribution in [0.15, 0.2) is 60.4 Å². The van der Waals surface area contributed by atoms with Crippen molar-refractivity contribution in [2.45, 2.75) is 151 Å². The number of halogens is 2. The van der Waals surface area contributed by atoms with Gasteiger partial charge in [0.2, 0.25) is 0 Å². The molecule has 0 aliphatic carbocycles. The molecule has 0 saturated carbocycles. The predicted octanol–water partition coefficient (Wildman–Crippen LogP) is 14.4. The second-order valence-electron chi connectivity index (χ2n) is 15.7. The van der Waals surface area contributed by atoms with Crippen LogP contribution in [-0.4, -0.2) is 23.0 Å². The van der Waals surface area contributed by atoms with Gasteiger partial charge < -0.3 is 15.2 Å². The second kappa shape index (κ2) is 21.7.